The maximum atomic E-state index is 13.6. The lowest BCUT2D eigenvalue weighted by Gasteiger charge is -2.32. The van der Waals surface area contributed by atoms with E-state index < -0.39 is 23.3 Å². The van der Waals surface area contributed by atoms with Crippen LogP contribution in [-0.2, 0) is 15.1 Å². The molecule has 5 rings (SSSR count). The molecule has 3 heterocycles. The lowest BCUT2D eigenvalue weighted by atomic mass is 9.80. The van der Waals surface area contributed by atoms with Gasteiger partial charge in [-0.05, 0) is 78.8 Å². The van der Waals surface area contributed by atoms with Crippen molar-refractivity contribution in [3.8, 4) is 5.75 Å². The van der Waals surface area contributed by atoms with Gasteiger partial charge in [0.15, 0.2) is 0 Å². The summed E-state index contributed by atoms with van der Waals surface area (Å²) >= 11 is 0. The highest BCUT2D eigenvalue weighted by Gasteiger charge is 2.54. The number of para-hydroxylation sites is 1. The first-order chi connectivity index (χ1) is 19.6. The van der Waals surface area contributed by atoms with E-state index in [1.807, 2.05) is 77.1 Å². The number of anilines is 1. The zero-order chi connectivity index (χ0) is 29.5. The maximum Gasteiger partial charge on any atom is 0.419 e. The van der Waals surface area contributed by atoms with Crippen LogP contribution in [0.3, 0.4) is 0 Å². The van der Waals surface area contributed by atoms with E-state index in [2.05, 4.69) is 18.7 Å². The molecule has 0 aliphatic carbocycles. The number of carbonyl (C=O) groups is 2. The number of hydrogen-bond acceptors (Lipinski definition) is 7. The molecular weight excluding hydrogens is 518 g/mol. The van der Waals surface area contributed by atoms with Crippen molar-refractivity contribution in [3.05, 3.63) is 88.9 Å². The maximum absolute atomic E-state index is 13.6. The van der Waals surface area contributed by atoms with E-state index >= 15 is 0 Å². The van der Waals surface area contributed by atoms with Crippen molar-refractivity contribution >= 4 is 28.7 Å². The van der Waals surface area contributed by atoms with Crippen LogP contribution < -0.4 is 9.64 Å². The van der Waals surface area contributed by atoms with Gasteiger partial charge in [-0.1, -0.05) is 18.2 Å². The minimum atomic E-state index is -1.48. The van der Waals surface area contributed by atoms with Crippen molar-refractivity contribution in [1.29, 1.82) is 0 Å². The molecule has 0 saturated carbocycles. The summed E-state index contributed by atoms with van der Waals surface area (Å²) in [6, 6.07) is 17.0. The molecule has 0 saturated heterocycles. The monoisotopic (exact) mass is 555 g/mol. The molecule has 41 heavy (non-hydrogen) atoms. The van der Waals surface area contributed by atoms with Crippen molar-refractivity contribution in [2.24, 2.45) is 0 Å². The van der Waals surface area contributed by atoms with Gasteiger partial charge in [0.05, 0.1) is 17.7 Å². The number of ether oxygens (including phenoxy) is 3. The number of pyridine rings is 1. The summed E-state index contributed by atoms with van der Waals surface area (Å²) in [4.78, 5) is 34.1. The van der Waals surface area contributed by atoms with Gasteiger partial charge in [-0.25, -0.2) is 14.2 Å². The molecule has 214 valence electrons. The minimum Gasteiger partial charge on any atom is -0.493 e. The normalized spacial score (nSPS) is 16.4. The smallest absolute Gasteiger partial charge is 0.419 e. The van der Waals surface area contributed by atoms with Crippen LogP contribution in [0.1, 0.15) is 74.4 Å². The Labute approximate surface area is 240 Å². The Morgan fingerprint density at radius 3 is 2.46 bits per heavy atom. The summed E-state index contributed by atoms with van der Waals surface area (Å²) in [6.07, 6.45) is 1.14. The van der Waals surface area contributed by atoms with Gasteiger partial charge in [-0.3, -0.25) is 4.98 Å². The van der Waals surface area contributed by atoms with Gasteiger partial charge in [-0.15, -0.1) is 0 Å². The Morgan fingerprint density at radius 1 is 1.05 bits per heavy atom. The molecule has 0 spiro atoms. The number of rotatable bonds is 7. The Morgan fingerprint density at radius 2 is 1.78 bits per heavy atom. The molecule has 8 nitrogen and oxygen atoms in total. The molecule has 0 fully saturated rings. The summed E-state index contributed by atoms with van der Waals surface area (Å²) in [5.74, 6) is 0.0913. The average molecular weight is 556 g/mol. The predicted octanol–water partition coefficient (Wildman–Crippen LogP) is 6.84. The molecule has 1 atom stereocenters. The molecule has 1 aliphatic heterocycles. The first-order valence-electron chi connectivity index (χ1n) is 14.1. The highest BCUT2D eigenvalue weighted by Crippen LogP contribution is 2.53. The quantitative estimate of drug-likeness (QED) is 0.231. The fourth-order valence-corrected chi connectivity index (χ4v) is 5.80. The van der Waals surface area contributed by atoms with Crippen molar-refractivity contribution in [2.75, 3.05) is 24.6 Å². The molecule has 0 bridgehead atoms. The van der Waals surface area contributed by atoms with Crippen LogP contribution in [0, 0.1) is 6.92 Å². The predicted molar refractivity (Wildman–Crippen MR) is 159 cm³/mol. The molecule has 8 heteroatoms. The van der Waals surface area contributed by atoms with Gasteiger partial charge in [0.1, 0.15) is 17.0 Å². The molecule has 0 amide bonds. The Hall–Kier alpha value is -4.33. The number of carbonyl (C=O) groups excluding carboxylic acids is 2. The third kappa shape index (κ3) is 4.61. The van der Waals surface area contributed by atoms with Crippen LogP contribution in [0.25, 0.3) is 10.9 Å². The van der Waals surface area contributed by atoms with Crippen LogP contribution in [0.2, 0.25) is 0 Å². The molecule has 2 aromatic carbocycles. The number of esters is 1. The van der Waals surface area contributed by atoms with E-state index in [4.69, 9.17) is 19.2 Å². The lowest BCUT2D eigenvalue weighted by Crippen LogP contribution is -2.33. The van der Waals surface area contributed by atoms with Crippen molar-refractivity contribution in [3.63, 3.8) is 0 Å². The number of nitrogens with zero attached hydrogens (tertiary/aromatic N) is 3. The van der Waals surface area contributed by atoms with E-state index in [9.17, 15) is 9.59 Å². The Kier molecular flexibility index (Phi) is 7.28. The number of aromatic nitrogens is 2. The Bertz CT molecular complexity index is 1630. The van der Waals surface area contributed by atoms with Crippen molar-refractivity contribution in [1.82, 2.24) is 9.55 Å². The number of cyclic esters (lactones) is 1. The van der Waals surface area contributed by atoms with Gasteiger partial charge in [-0.2, -0.15) is 0 Å². The Balaban J connectivity index is 1.89. The second-order valence-electron chi connectivity index (χ2n) is 11.0. The molecule has 0 radical (unpaired) electrons. The summed E-state index contributed by atoms with van der Waals surface area (Å²) in [6.45, 7) is 15.5. The first-order valence-corrected chi connectivity index (χ1v) is 14.1. The van der Waals surface area contributed by atoms with Gasteiger partial charge in [0, 0.05) is 53.2 Å². The second-order valence-corrected chi connectivity index (χ2v) is 11.0. The van der Waals surface area contributed by atoms with Crippen LogP contribution in [-0.4, -0.2) is 46.9 Å². The highest BCUT2D eigenvalue weighted by molar-refractivity contribution is 6.00. The van der Waals surface area contributed by atoms with E-state index in [0.29, 0.717) is 46.0 Å². The molecule has 4 aromatic rings. The lowest BCUT2D eigenvalue weighted by molar-refractivity contribution is 0.0238. The molecule has 0 N–H and O–H groups in total. The standard InChI is InChI=1S/C33H37N3O5/c1-8-35(9-2)22-17-18-25(27(20-22)39-10-3)33(29-24(30(37)40-33)15-13-19-34-29)28-21(4)36(31(38)41-32(5,6)7)26-16-12-11-14-23(26)28/h11-20H,8-10H2,1-7H3. The zero-order valence-corrected chi connectivity index (χ0v) is 24.8. The van der Waals surface area contributed by atoms with E-state index in [1.54, 1.807) is 22.9 Å². The van der Waals surface area contributed by atoms with Crippen LogP contribution in [0.4, 0.5) is 10.5 Å². The van der Waals surface area contributed by atoms with Crippen molar-refractivity contribution in [2.45, 2.75) is 59.7 Å². The highest BCUT2D eigenvalue weighted by atomic mass is 16.6. The topological polar surface area (TPSA) is 82.9 Å². The number of fused-ring (bicyclic) bond motifs is 2. The number of benzene rings is 2. The van der Waals surface area contributed by atoms with Crippen molar-refractivity contribution < 1.29 is 23.8 Å². The fourth-order valence-electron chi connectivity index (χ4n) is 5.80. The number of hydrogen-bond donors (Lipinski definition) is 0. The third-order valence-corrected chi connectivity index (χ3v) is 7.42. The second kappa shape index (κ2) is 10.6. The van der Waals surface area contributed by atoms with Gasteiger partial charge < -0.3 is 19.1 Å². The van der Waals surface area contributed by atoms with Gasteiger partial charge >= 0.3 is 12.1 Å². The van der Waals surface area contributed by atoms with Crippen LogP contribution in [0.15, 0.2) is 60.8 Å². The summed E-state index contributed by atoms with van der Waals surface area (Å²) < 4.78 is 20.1. The van der Waals surface area contributed by atoms with Gasteiger partial charge in [0.25, 0.3) is 0 Å². The summed E-state index contributed by atoms with van der Waals surface area (Å²) in [7, 11) is 0. The SMILES string of the molecule is CCOc1cc(N(CC)CC)ccc1C1(c2c(C)n(C(=O)OC(C)(C)C)c3ccccc23)OC(=O)c2cccnc21. The molecule has 2 aromatic heterocycles. The van der Waals surface area contributed by atoms with Gasteiger partial charge in [0.2, 0.25) is 5.60 Å². The largest absolute Gasteiger partial charge is 0.493 e. The van der Waals surface area contributed by atoms with Crippen LogP contribution >= 0.6 is 0 Å². The van der Waals surface area contributed by atoms with E-state index in [-0.39, 0.29) is 0 Å². The average Bonchev–Trinajstić information content (AvgIpc) is 3.40. The summed E-state index contributed by atoms with van der Waals surface area (Å²) in [5, 5.41) is 0.748. The molecule has 1 aliphatic rings. The minimum absolute atomic E-state index is 0.372. The first kappa shape index (κ1) is 28.2. The van der Waals surface area contributed by atoms with Crippen LogP contribution in [0.5, 0.6) is 5.75 Å². The fraction of sp³-hybridized carbons (Fsp3) is 0.364. The van der Waals surface area contributed by atoms with E-state index in [0.717, 1.165) is 24.2 Å². The summed E-state index contributed by atoms with van der Waals surface area (Å²) in [5.41, 5.74) is 2.15. The molecule has 1 unspecified atom stereocenters. The van der Waals surface area contributed by atoms with E-state index in [1.165, 1.54) is 0 Å². The third-order valence-electron chi connectivity index (χ3n) is 7.42. The molecular formula is C33H37N3O5. The zero-order valence-electron chi connectivity index (χ0n) is 24.8.